The van der Waals surface area contributed by atoms with E-state index in [1.54, 1.807) is 0 Å². The normalized spacial score (nSPS) is 14.9. The van der Waals surface area contributed by atoms with Gasteiger partial charge in [0.25, 0.3) is 0 Å². The third kappa shape index (κ3) is 8.34. The molecule has 0 amide bonds. The van der Waals surface area contributed by atoms with E-state index < -0.39 is 7.25 Å². The van der Waals surface area contributed by atoms with Gasteiger partial charge in [-0.05, 0) is 0 Å². The monoisotopic (exact) mass is 762 g/mol. The van der Waals surface area contributed by atoms with E-state index in [-0.39, 0.29) is 0 Å². The minimum atomic E-state index is -6.00. The van der Waals surface area contributed by atoms with Crippen molar-refractivity contribution in [3.05, 3.63) is 115 Å². The van der Waals surface area contributed by atoms with Crippen molar-refractivity contribution in [2.75, 3.05) is 45.8 Å². The van der Waals surface area contributed by atoms with Crippen molar-refractivity contribution in [2.45, 2.75) is 83.1 Å². The van der Waals surface area contributed by atoms with Crippen LogP contribution < -0.4 is 19.6 Å². The number of anilines is 4. The van der Waals surface area contributed by atoms with Gasteiger partial charge in [0.1, 0.15) is 0 Å². The topological polar surface area (TPSA) is 13.0 Å². The van der Waals surface area contributed by atoms with E-state index in [4.69, 9.17) is 0 Å². The predicted molar refractivity (Wildman–Crippen MR) is 212 cm³/mol. The first-order chi connectivity index (χ1) is 24.2. The van der Waals surface area contributed by atoms with Gasteiger partial charge >= 0.3 is 298 Å². The summed E-state index contributed by atoms with van der Waals surface area (Å²) in [6.45, 7) is 30.8. The van der Waals surface area contributed by atoms with Gasteiger partial charge in [-0.3, -0.25) is 0 Å². The molecule has 0 unspecified atom stereocenters. The molecule has 2 aliphatic rings. The SMILES string of the molecule is Cc1cc(C)c(N2CCN(c3c(C)cc(C)cc3C)[C]2=[Cu]=[C]2N(c3c(C)cc(C)cc3C)CCN2c2c(C)cc(C)cc2C)c(C)c1.F[B-](F)(F)F. The quantitative estimate of drug-likeness (QED) is 0.152. The number of aryl methyl sites for hydroxylation is 12. The zero-order chi connectivity index (χ0) is 38.4. The van der Waals surface area contributed by atoms with Crippen molar-refractivity contribution in [3.63, 3.8) is 0 Å². The number of hydrogen-bond donors (Lipinski definition) is 0. The van der Waals surface area contributed by atoms with Crippen LogP contribution in [0.5, 0.6) is 0 Å². The summed E-state index contributed by atoms with van der Waals surface area (Å²) in [5, 5.41) is 0. The molecule has 4 aromatic rings. The fourth-order valence-corrected chi connectivity index (χ4v) is 9.96. The minimum Gasteiger partial charge on any atom is -0.418 e. The van der Waals surface area contributed by atoms with Gasteiger partial charge in [0, 0.05) is 0 Å². The second-order valence-corrected chi connectivity index (χ2v) is 15.7. The average Bonchev–Trinajstić information content (AvgIpc) is 3.55. The fourth-order valence-electron chi connectivity index (χ4n) is 8.42. The Balaban J connectivity index is 0.000000979. The van der Waals surface area contributed by atoms with E-state index in [1.165, 1.54) is 98.8 Å². The van der Waals surface area contributed by atoms with E-state index in [0.717, 1.165) is 26.2 Å². The molecule has 0 aliphatic carbocycles. The molecular formula is C42H52BCuF4N4-. The number of hydrogen-bond acceptors (Lipinski definition) is 4. The standard InChI is InChI=1S/2C21H26N2.BF4.Cu/c2*1-14-9-16(3)20(17(4)10-14)22-7-8-23(13-22)21-18(5)11-15(2)12-19(21)6;2-1(3,4)5;/h2*9-12H,7-8H2,1-6H3;;/q;;-1;. The van der Waals surface area contributed by atoms with Crippen molar-refractivity contribution >= 4 is 39.3 Å². The Morgan fingerprint density at radius 2 is 0.519 bits per heavy atom. The summed E-state index contributed by atoms with van der Waals surface area (Å²) in [6.07, 6.45) is 0. The molecule has 2 heterocycles. The molecule has 0 spiro atoms. The van der Waals surface area contributed by atoms with Gasteiger partial charge in [0.15, 0.2) is 0 Å². The molecule has 0 aromatic heterocycles. The molecule has 2 aliphatic heterocycles. The molecule has 0 saturated carbocycles. The van der Waals surface area contributed by atoms with Crippen molar-refractivity contribution < 1.29 is 31.3 Å². The van der Waals surface area contributed by atoms with Gasteiger partial charge in [0.05, 0.1) is 0 Å². The smallest absolute Gasteiger partial charge is 0.418 e. The number of halogens is 4. The third-order valence-electron chi connectivity index (χ3n) is 9.66. The summed E-state index contributed by atoms with van der Waals surface area (Å²) in [6, 6.07) is 18.7. The Hall–Kier alpha value is -3.88. The molecule has 2 fully saturated rings. The van der Waals surface area contributed by atoms with Crippen LogP contribution in [-0.2, 0) is 14.1 Å². The Kier molecular flexibility index (Phi) is 11.5. The maximum atomic E-state index is 9.75. The maximum absolute atomic E-state index is 9.75. The molecule has 283 valence electrons. The van der Waals surface area contributed by atoms with Gasteiger partial charge in [-0.25, -0.2) is 0 Å². The van der Waals surface area contributed by atoms with Crippen LogP contribution in [0, 0.1) is 83.1 Å². The van der Waals surface area contributed by atoms with Gasteiger partial charge in [-0.15, -0.1) is 0 Å². The van der Waals surface area contributed by atoms with Gasteiger partial charge in [-0.2, -0.15) is 0 Å². The largest absolute Gasteiger partial charge is 0.673 e. The molecule has 0 bridgehead atoms. The summed E-state index contributed by atoms with van der Waals surface area (Å²) in [5.41, 5.74) is 21.3. The van der Waals surface area contributed by atoms with Crippen LogP contribution in [0.15, 0.2) is 48.5 Å². The maximum Gasteiger partial charge on any atom is 0.673 e. The molecule has 0 radical (unpaired) electrons. The summed E-state index contributed by atoms with van der Waals surface area (Å²) >= 11 is 2.09. The summed E-state index contributed by atoms with van der Waals surface area (Å²) < 4.78 is 41.5. The third-order valence-corrected chi connectivity index (χ3v) is 11.1. The van der Waals surface area contributed by atoms with Crippen molar-refractivity contribution in [2.24, 2.45) is 0 Å². The molecule has 4 nitrogen and oxygen atoms in total. The zero-order valence-corrected chi connectivity index (χ0v) is 33.6. The van der Waals surface area contributed by atoms with Crippen molar-refractivity contribution in [1.82, 2.24) is 0 Å². The first kappa shape index (κ1) is 39.3. The molecule has 0 N–H and O–H groups in total. The van der Waals surface area contributed by atoms with Crippen LogP contribution in [0.25, 0.3) is 0 Å². The minimum absolute atomic E-state index is 0.940. The summed E-state index contributed by atoms with van der Waals surface area (Å²) in [7, 11) is -6.00. The molecule has 6 rings (SSSR count). The fraction of sp³-hybridized carbons (Fsp3) is 0.381. The van der Waals surface area contributed by atoms with E-state index in [0.29, 0.717) is 0 Å². The Morgan fingerprint density at radius 3 is 0.673 bits per heavy atom. The summed E-state index contributed by atoms with van der Waals surface area (Å²) in [5.74, 6) is 0. The Bertz CT molecular complexity index is 1730. The molecular weight excluding hydrogens is 711 g/mol. The first-order valence-corrected chi connectivity index (χ1v) is 18.8. The Morgan fingerprint density at radius 1 is 0.365 bits per heavy atom. The predicted octanol–water partition coefficient (Wildman–Crippen LogP) is 10.3. The molecule has 52 heavy (non-hydrogen) atoms. The van der Waals surface area contributed by atoms with Crippen LogP contribution in [0.3, 0.4) is 0 Å². The van der Waals surface area contributed by atoms with Crippen LogP contribution in [0.1, 0.15) is 66.8 Å². The van der Waals surface area contributed by atoms with E-state index >= 15 is 0 Å². The summed E-state index contributed by atoms with van der Waals surface area (Å²) in [4.78, 5) is 10.4. The van der Waals surface area contributed by atoms with E-state index in [9.17, 15) is 17.3 Å². The van der Waals surface area contributed by atoms with Crippen LogP contribution in [0.4, 0.5) is 40.0 Å². The van der Waals surface area contributed by atoms with Crippen LogP contribution >= 0.6 is 0 Å². The van der Waals surface area contributed by atoms with E-state index in [1.807, 2.05) is 0 Å². The molecule has 2 saturated heterocycles. The van der Waals surface area contributed by atoms with Crippen LogP contribution in [0.2, 0.25) is 0 Å². The van der Waals surface area contributed by atoms with Gasteiger partial charge in [-0.1, -0.05) is 0 Å². The Labute approximate surface area is 313 Å². The second kappa shape index (κ2) is 15.2. The van der Waals surface area contributed by atoms with Gasteiger partial charge < -0.3 is 17.3 Å². The zero-order valence-electron chi connectivity index (χ0n) is 32.6. The molecule has 0 atom stereocenters. The molecule has 4 aromatic carbocycles. The number of benzene rings is 4. The second-order valence-electron chi connectivity index (χ2n) is 14.6. The first-order valence-electron chi connectivity index (χ1n) is 17.8. The number of nitrogens with zero attached hydrogens (tertiary/aromatic N) is 4. The average molecular weight is 763 g/mol. The number of rotatable bonds is 4. The van der Waals surface area contributed by atoms with Crippen molar-refractivity contribution in [3.8, 4) is 0 Å². The van der Waals surface area contributed by atoms with Crippen molar-refractivity contribution in [1.29, 1.82) is 0 Å². The van der Waals surface area contributed by atoms with E-state index in [2.05, 4.69) is 165 Å². The van der Waals surface area contributed by atoms with Crippen LogP contribution in [-0.4, -0.2) is 42.8 Å². The van der Waals surface area contributed by atoms with Gasteiger partial charge in [0.2, 0.25) is 0 Å². The molecule has 10 heteroatoms.